The second-order valence-electron chi connectivity index (χ2n) is 4.27. The van der Waals surface area contributed by atoms with E-state index in [-0.39, 0.29) is 18.4 Å². The maximum atomic E-state index is 10.9. The fraction of sp³-hybridized carbons (Fsp3) is 0.250. The van der Waals surface area contributed by atoms with Crippen molar-refractivity contribution in [2.75, 3.05) is 10.7 Å². The highest BCUT2D eigenvalue weighted by Crippen LogP contribution is 2.22. The average molecular weight is 260 g/mol. The summed E-state index contributed by atoms with van der Waals surface area (Å²) in [5, 5.41) is 4.00. The van der Waals surface area contributed by atoms with Gasteiger partial charge in [0.1, 0.15) is 5.82 Å². The molecule has 0 aliphatic carbocycles. The molecule has 0 fully saturated rings. The van der Waals surface area contributed by atoms with E-state index in [1.807, 2.05) is 31.2 Å². The van der Waals surface area contributed by atoms with Gasteiger partial charge in [-0.1, -0.05) is 12.1 Å². The Kier molecular flexibility index (Phi) is 3.76. The van der Waals surface area contributed by atoms with Gasteiger partial charge in [0, 0.05) is 17.8 Å². The maximum Gasteiger partial charge on any atom is 0.239 e. The molecule has 0 spiro atoms. The molecule has 1 unspecified atom stereocenters. The first-order valence-electron chi connectivity index (χ1n) is 5.88. The number of carbonyl (C=O) groups is 1. The van der Waals surface area contributed by atoms with E-state index in [9.17, 15) is 4.79 Å². The Morgan fingerprint density at radius 1 is 1.37 bits per heavy atom. The van der Waals surface area contributed by atoms with Gasteiger partial charge in [0.25, 0.3) is 0 Å². The molecule has 2 rings (SSSR count). The number of fused-ring (bicyclic) bond motifs is 1. The Labute approximate surface area is 110 Å². The van der Waals surface area contributed by atoms with Gasteiger partial charge in [0.15, 0.2) is 0 Å². The van der Waals surface area contributed by atoms with Crippen LogP contribution in [0.15, 0.2) is 24.3 Å². The van der Waals surface area contributed by atoms with Crippen LogP contribution in [0.5, 0.6) is 0 Å². The van der Waals surface area contributed by atoms with Gasteiger partial charge in [-0.05, 0) is 19.1 Å². The molecule has 7 heteroatoms. The Morgan fingerprint density at radius 3 is 2.79 bits per heavy atom. The van der Waals surface area contributed by atoms with Gasteiger partial charge in [0.2, 0.25) is 11.9 Å². The third-order valence-electron chi connectivity index (χ3n) is 2.62. The molecule has 1 amide bonds. The Bertz CT molecular complexity index is 600. The molecule has 1 heterocycles. The number of nitrogens with zero attached hydrogens (tertiary/aromatic N) is 2. The van der Waals surface area contributed by atoms with Gasteiger partial charge in [-0.3, -0.25) is 10.2 Å². The van der Waals surface area contributed by atoms with Crippen LogP contribution in [0, 0.1) is 0 Å². The van der Waals surface area contributed by atoms with Gasteiger partial charge in [-0.15, -0.1) is 0 Å². The zero-order chi connectivity index (χ0) is 13.8. The molecule has 7 nitrogen and oxygen atoms in total. The quantitative estimate of drug-likeness (QED) is 0.461. The molecule has 0 aliphatic rings. The van der Waals surface area contributed by atoms with Crippen LogP contribution in [0.25, 0.3) is 10.9 Å². The van der Waals surface area contributed by atoms with Crippen molar-refractivity contribution in [1.29, 1.82) is 0 Å². The fourth-order valence-electron chi connectivity index (χ4n) is 1.84. The van der Waals surface area contributed by atoms with Crippen molar-refractivity contribution in [2.24, 2.45) is 11.6 Å². The number of aromatic nitrogens is 2. The number of hydrogen-bond acceptors (Lipinski definition) is 6. The van der Waals surface area contributed by atoms with Gasteiger partial charge < -0.3 is 11.1 Å². The molecule has 0 bridgehead atoms. The number of hydrazine groups is 1. The number of nitrogens with one attached hydrogen (secondary N) is 2. The van der Waals surface area contributed by atoms with Crippen LogP contribution in [0.2, 0.25) is 0 Å². The molecule has 100 valence electrons. The maximum absolute atomic E-state index is 10.9. The average Bonchev–Trinajstić information content (AvgIpc) is 2.37. The number of para-hydroxylation sites is 1. The molecule has 1 atom stereocenters. The SMILES string of the molecule is CC(CC(N)=O)Nc1nc(NN)nc2ccccc12. The van der Waals surface area contributed by atoms with Crippen molar-refractivity contribution in [3.05, 3.63) is 24.3 Å². The molecule has 0 saturated carbocycles. The highest BCUT2D eigenvalue weighted by molar-refractivity contribution is 5.90. The lowest BCUT2D eigenvalue weighted by Crippen LogP contribution is -2.25. The molecular weight excluding hydrogens is 244 g/mol. The third-order valence-corrected chi connectivity index (χ3v) is 2.62. The van der Waals surface area contributed by atoms with Crippen molar-refractivity contribution in [3.63, 3.8) is 0 Å². The number of nitrogens with two attached hydrogens (primary N) is 2. The molecule has 1 aromatic carbocycles. The smallest absolute Gasteiger partial charge is 0.239 e. The summed E-state index contributed by atoms with van der Waals surface area (Å²) in [6.07, 6.45) is 0.226. The normalized spacial score (nSPS) is 12.1. The predicted molar refractivity (Wildman–Crippen MR) is 74.2 cm³/mol. The fourth-order valence-corrected chi connectivity index (χ4v) is 1.84. The zero-order valence-electron chi connectivity index (χ0n) is 10.6. The van der Waals surface area contributed by atoms with E-state index < -0.39 is 0 Å². The van der Waals surface area contributed by atoms with E-state index in [4.69, 9.17) is 11.6 Å². The number of benzene rings is 1. The molecule has 19 heavy (non-hydrogen) atoms. The van der Waals surface area contributed by atoms with Crippen molar-refractivity contribution in [1.82, 2.24) is 9.97 Å². The van der Waals surface area contributed by atoms with E-state index >= 15 is 0 Å². The van der Waals surface area contributed by atoms with Gasteiger partial charge in [-0.2, -0.15) is 4.98 Å². The van der Waals surface area contributed by atoms with Crippen LogP contribution in [0.4, 0.5) is 11.8 Å². The number of anilines is 2. The minimum absolute atomic E-state index is 0.124. The summed E-state index contributed by atoms with van der Waals surface area (Å²) in [6.45, 7) is 1.86. The topological polar surface area (TPSA) is 119 Å². The molecular formula is C12H16N6O. The number of amides is 1. The van der Waals surface area contributed by atoms with Crippen LogP contribution < -0.4 is 22.3 Å². The summed E-state index contributed by atoms with van der Waals surface area (Å²) in [6, 6.07) is 7.41. The van der Waals surface area contributed by atoms with Crippen molar-refractivity contribution < 1.29 is 4.79 Å². The Hall–Kier alpha value is -2.41. The van der Waals surface area contributed by atoms with Crippen molar-refractivity contribution in [3.8, 4) is 0 Å². The number of rotatable bonds is 5. The second-order valence-corrected chi connectivity index (χ2v) is 4.27. The number of primary amides is 1. The Morgan fingerprint density at radius 2 is 2.11 bits per heavy atom. The zero-order valence-corrected chi connectivity index (χ0v) is 10.6. The monoisotopic (exact) mass is 260 g/mol. The number of nitrogen functional groups attached to an aromatic ring is 1. The van der Waals surface area contributed by atoms with Crippen LogP contribution in [-0.4, -0.2) is 21.9 Å². The van der Waals surface area contributed by atoms with Crippen molar-refractivity contribution >= 4 is 28.6 Å². The molecule has 0 radical (unpaired) electrons. The minimum Gasteiger partial charge on any atom is -0.370 e. The summed E-state index contributed by atoms with van der Waals surface area (Å²) < 4.78 is 0. The number of hydrogen-bond donors (Lipinski definition) is 4. The van der Waals surface area contributed by atoms with E-state index in [0.29, 0.717) is 11.8 Å². The minimum atomic E-state index is -0.365. The molecule has 2 aromatic rings. The van der Waals surface area contributed by atoms with Gasteiger partial charge in [-0.25, -0.2) is 10.8 Å². The van der Waals surface area contributed by atoms with Gasteiger partial charge >= 0.3 is 0 Å². The van der Waals surface area contributed by atoms with Crippen molar-refractivity contribution in [2.45, 2.75) is 19.4 Å². The highest BCUT2D eigenvalue weighted by atomic mass is 16.1. The van der Waals surface area contributed by atoms with E-state index in [1.54, 1.807) is 0 Å². The molecule has 0 aliphatic heterocycles. The summed E-state index contributed by atoms with van der Waals surface area (Å²) >= 11 is 0. The standard InChI is InChI=1S/C12H16N6O/c1-7(6-10(13)19)15-11-8-4-2-3-5-9(8)16-12(17-11)18-14/h2-5,7H,6,14H2,1H3,(H2,13,19)(H2,15,16,17,18). The first kappa shape index (κ1) is 13.0. The van der Waals surface area contributed by atoms with Gasteiger partial charge in [0.05, 0.1) is 5.52 Å². The molecule has 1 aromatic heterocycles. The van der Waals surface area contributed by atoms with Crippen LogP contribution in [0.1, 0.15) is 13.3 Å². The highest BCUT2D eigenvalue weighted by Gasteiger charge is 2.11. The number of carbonyl (C=O) groups excluding carboxylic acids is 1. The summed E-state index contributed by atoms with van der Waals surface area (Å²) in [5.41, 5.74) is 8.35. The first-order valence-corrected chi connectivity index (χ1v) is 5.88. The van der Waals surface area contributed by atoms with E-state index in [0.717, 1.165) is 10.9 Å². The third kappa shape index (κ3) is 3.08. The van der Waals surface area contributed by atoms with Crippen LogP contribution in [0.3, 0.4) is 0 Å². The first-order chi connectivity index (χ1) is 9.10. The summed E-state index contributed by atoms with van der Waals surface area (Å²) in [7, 11) is 0. The molecule has 0 saturated heterocycles. The van der Waals surface area contributed by atoms with Crippen LogP contribution in [-0.2, 0) is 4.79 Å². The lowest BCUT2D eigenvalue weighted by Gasteiger charge is -2.15. The van der Waals surface area contributed by atoms with E-state index in [1.165, 1.54) is 0 Å². The second kappa shape index (κ2) is 5.49. The predicted octanol–water partition coefficient (Wildman–Crippen LogP) is 0.591. The van der Waals surface area contributed by atoms with E-state index in [2.05, 4.69) is 20.7 Å². The molecule has 6 N–H and O–H groups in total. The summed E-state index contributed by atoms with van der Waals surface area (Å²) in [5.74, 6) is 5.91. The largest absolute Gasteiger partial charge is 0.370 e. The Balaban J connectivity index is 2.37. The van der Waals surface area contributed by atoms with Crippen LogP contribution >= 0.6 is 0 Å². The lowest BCUT2D eigenvalue weighted by atomic mass is 10.2. The summed E-state index contributed by atoms with van der Waals surface area (Å²) in [4.78, 5) is 19.4. The lowest BCUT2D eigenvalue weighted by molar-refractivity contribution is -0.118.